The van der Waals surface area contributed by atoms with Crippen molar-refractivity contribution in [1.29, 1.82) is 0 Å². The van der Waals surface area contributed by atoms with Crippen molar-refractivity contribution < 1.29 is 13.2 Å². The molecule has 0 aliphatic rings. The van der Waals surface area contributed by atoms with Gasteiger partial charge in [0.15, 0.2) is 0 Å². The molecular weight excluding hydrogens is 479 g/mol. The van der Waals surface area contributed by atoms with Crippen molar-refractivity contribution in [3.8, 4) is 0 Å². The van der Waals surface area contributed by atoms with Crippen LogP contribution in [0.15, 0.2) is 40.7 Å². The maximum Gasteiger partial charge on any atom is 0.270 e. The first-order chi connectivity index (χ1) is 14.6. The normalized spacial score (nSPS) is 12.5. The Labute approximate surface area is 194 Å². The van der Waals surface area contributed by atoms with Gasteiger partial charge < -0.3 is 0 Å². The number of nitrogens with one attached hydrogen (secondary N) is 2. The van der Waals surface area contributed by atoms with E-state index in [1.165, 1.54) is 18.2 Å². The minimum atomic E-state index is -3.94. The summed E-state index contributed by atoms with van der Waals surface area (Å²) in [7, 11) is -3.94. The summed E-state index contributed by atoms with van der Waals surface area (Å²) < 4.78 is 28.2. The number of rotatable bonds is 7. The van der Waals surface area contributed by atoms with Gasteiger partial charge >= 0.3 is 0 Å². The van der Waals surface area contributed by atoms with Crippen LogP contribution in [0.3, 0.4) is 0 Å². The van der Waals surface area contributed by atoms with Crippen LogP contribution in [0.25, 0.3) is 0 Å². The fraction of sp³-hybridized carbons (Fsp3) is 0.250. The second-order valence-corrected chi connectivity index (χ2v) is 10.6. The molecule has 0 bridgehead atoms. The molecule has 1 heterocycles. The Morgan fingerprint density at radius 1 is 1.13 bits per heavy atom. The molecule has 0 spiro atoms. The minimum absolute atomic E-state index is 0.0379. The van der Waals surface area contributed by atoms with Gasteiger partial charge in [-0.25, -0.2) is 13.1 Å². The lowest BCUT2D eigenvalue weighted by Crippen LogP contribution is -2.28. The number of aryl methyl sites for hydroxylation is 2. The van der Waals surface area contributed by atoms with Crippen LogP contribution in [-0.4, -0.2) is 24.5 Å². The van der Waals surface area contributed by atoms with Gasteiger partial charge in [0.1, 0.15) is 0 Å². The Kier molecular flexibility index (Phi) is 7.33. The van der Waals surface area contributed by atoms with Gasteiger partial charge in [-0.3, -0.25) is 10.1 Å². The fourth-order valence-corrected chi connectivity index (χ4v) is 5.73. The predicted octanol–water partition coefficient (Wildman–Crippen LogP) is 5.14. The van der Waals surface area contributed by atoms with E-state index in [9.17, 15) is 13.2 Å². The number of amides is 1. The summed E-state index contributed by atoms with van der Waals surface area (Å²) in [6.07, 6.45) is 0.556. The average molecular weight is 499 g/mol. The van der Waals surface area contributed by atoms with Crippen molar-refractivity contribution in [1.82, 2.24) is 14.9 Å². The van der Waals surface area contributed by atoms with Crippen LogP contribution in [0.2, 0.25) is 10.0 Å². The lowest BCUT2D eigenvalue weighted by molar-refractivity contribution is 0.102. The summed E-state index contributed by atoms with van der Waals surface area (Å²) in [5, 5.41) is 10.6. The molecule has 0 aliphatic heterocycles. The average Bonchev–Trinajstić information content (AvgIpc) is 3.16. The molecule has 164 valence electrons. The third kappa shape index (κ3) is 5.61. The number of hydrogen-bond acceptors (Lipinski definition) is 6. The lowest BCUT2D eigenvalue weighted by atomic mass is 9.98. The first-order valence-corrected chi connectivity index (χ1v) is 12.4. The SMILES string of the molecule is CCC(NS(=O)(=O)c1nnc(NC(=O)c2ccc(Cl)cc2Cl)s1)c1ccc(C)cc1C. The van der Waals surface area contributed by atoms with Gasteiger partial charge in [0.05, 0.1) is 10.6 Å². The Morgan fingerprint density at radius 2 is 1.87 bits per heavy atom. The summed E-state index contributed by atoms with van der Waals surface area (Å²) in [6, 6.07) is 9.89. The van der Waals surface area contributed by atoms with Gasteiger partial charge in [0.2, 0.25) is 9.47 Å². The van der Waals surface area contributed by atoms with Gasteiger partial charge in [-0.1, -0.05) is 65.2 Å². The number of benzene rings is 2. The number of halogens is 2. The third-order valence-electron chi connectivity index (χ3n) is 4.54. The van der Waals surface area contributed by atoms with Crippen molar-refractivity contribution in [3.05, 3.63) is 68.7 Å². The Balaban J connectivity index is 1.77. The number of aromatic nitrogens is 2. The standard InChI is InChI=1S/C20H20Cl2N4O3S2/c1-4-17(14-7-5-11(2)9-12(14)3)26-31(28,29)20-25-24-19(30-20)23-18(27)15-8-6-13(21)10-16(15)22/h5-10,17,26H,4H2,1-3H3,(H,23,24,27). The number of hydrogen-bond donors (Lipinski definition) is 2. The molecule has 1 aromatic heterocycles. The van der Waals surface area contributed by atoms with Crippen LogP contribution < -0.4 is 10.0 Å². The molecule has 11 heteroatoms. The Bertz CT molecular complexity index is 1230. The molecule has 1 unspecified atom stereocenters. The fourth-order valence-electron chi connectivity index (χ4n) is 3.03. The van der Waals surface area contributed by atoms with Crippen LogP contribution >= 0.6 is 34.5 Å². The molecule has 0 fully saturated rings. The van der Waals surface area contributed by atoms with Crippen LogP contribution in [0.1, 0.15) is 46.4 Å². The minimum Gasteiger partial charge on any atom is -0.296 e. The van der Waals surface area contributed by atoms with Crippen LogP contribution in [0, 0.1) is 13.8 Å². The van der Waals surface area contributed by atoms with E-state index < -0.39 is 22.0 Å². The smallest absolute Gasteiger partial charge is 0.270 e. The van der Waals surface area contributed by atoms with Crippen molar-refractivity contribution >= 4 is 55.6 Å². The highest BCUT2D eigenvalue weighted by Gasteiger charge is 2.26. The van der Waals surface area contributed by atoms with Crippen LogP contribution in [-0.2, 0) is 10.0 Å². The highest BCUT2D eigenvalue weighted by molar-refractivity contribution is 7.91. The molecule has 0 radical (unpaired) electrons. The zero-order chi connectivity index (χ0) is 22.8. The van der Waals surface area contributed by atoms with Gasteiger partial charge in [-0.2, -0.15) is 0 Å². The van der Waals surface area contributed by atoms with E-state index in [-0.39, 0.29) is 20.1 Å². The Hall–Kier alpha value is -2.04. The predicted molar refractivity (Wildman–Crippen MR) is 124 cm³/mol. The third-order valence-corrected chi connectivity index (χ3v) is 7.76. The molecular formula is C20H20Cl2N4O3S2. The van der Waals surface area contributed by atoms with E-state index >= 15 is 0 Å². The molecule has 3 rings (SSSR count). The second-order valence-electron chi connectivity index (χ2n) is 6.89. The second kappa shape index (κ2) is 9.62. The van der Waals surface area contributed by atoms with Gasteiger partial charge in [-0.05, 0) is 49.6 Å². The van der Waals surface area contributed by atoms with Crippen molar-refractivity contribution in [3.63, 3.8) is 0 Å². The van der Waals surface area contributed by atoms with E-state index in [1.807, 2.05) is 39.0 Å². The topological polar surface area (TPSA) is 101 Å². The van der Waals surface area contributed by atoms with E-state index in [1.54, 1.807) is 0 Å². The Morgan fingerprint density at radius 3 is 2.52 bits per heavy atom. The number of nitrogens with zero attached hydrogens (tertiary/aromatic N) is 2. The molecule has 2 N–H and O–H groups in total. The monoisotopic (exact) mass is 498 g/mol. The zero-order valence-corrected chi connectivity index (χ0v) is 20.1. The molecule has 1 atom stereocenters. The molecule has 0 saturated carbocycles. The van der Waals surface area contributed by atoms with Crippen LogP contribution in [0.4, 0.5) is 5.13 Å². The molecule has 0 saturated heterocycles. The number of carbonyl (C=O) groups is 1. The summed E-state index contributed by atoms with van der Waals surface area (Å²) in [6.45, 7) is 5.82. The molecule has 3 aromatic rings. The van der Waals surface area contributed by atoms with Crippen LogP contribution in [0.5, 0.6) is 0 Å². The van der Waals surface area contributed by atoms with Gasteiger partial charge in [0.25, 0.3) is 15.9 Å². The summed E-state index contributed by atoms with van der Waals surface area (Å²) in [5.74, 6) is -0.545. The number of sulfonamides is 1. The highest BCUT2D eigenvalue weighted by atomic mass is 35.5. The number of anilines is 1. The molecule has 0 aliphatic carbocycles. The quantitative estimate of drug-likeness (QED) is 0.438. The van der Waals surface area contributed by atoms with Gasteiger partial charge in [-0.15, -0.1) is 10.2 Å². The lowest BCUT2D eigenvalue weighted by Gasteiger charge is -2.19. The van der Waals surface area contributed by atoms with E-state index in [0.717, 1.165) is 28.0 Å². The number of carbonyl (C=O) groups excluding carboxylic acids is 1. The van der Waals surface area contributed by atoms with Crippen molar-refractivity contribution in [2.75, 3.05) is 5.32 Å². The first-order valence-electron chi connectivity index (χ1n) is 9.30. The molecule has 31 heavy (non-hydrogen) atoms. The summed E-state index contributed by atoms with van der Waals surface area (Å²) in [5.41, 5.74) is 3.18. The summed E-state index contributed by atoms with van der Waals surface area (Å²) in [4.78, 5) is 12.4. The first kappa shape index (κ1) is 23.6. The molecule has 2 aromatic carbocycles. The largest absolute Gasteiger partial charge is 0.296 e. The van der Waals surface area contributed by atoms with E-state index in [4.69, 9.17) is 23.2 Å². The van der Waals surface area contributed by atoms with E-state index in [0.29, 0.717) is 11.4 Å². The molecule has 7 nitrogen and oxygen atoms in total. The van der Waals surface area contributed by atoms with Gasteiger partial charge in [0, 0.05) is 11.1 Å². The molecule has 1 amide bonds. The van der Waals surface area contributed by atoms with E-state index in [2.05, 4.69) is 20.2 Å². The van der Waals surface area contributed by atoms with Crippen molar-refractivity contribution in [2.45, 2.75) is 37.6 Å². The highest BCUT2D eigenvalue weighted by Crippen LogP contribution is 2.27. The maximum absolute atomic E-state index is 12.9. The maximum atomic E-state index is 12.9. The summed E-state index contributed by atoms with van der Waals surface area (Å²) >= 11 is 12.6. The van der Waals surface area contributed by atoms with Crippen molar-refractivity contribution in [2.24, 2.45) is 0 Å². The zero-order valence-electron chi connectivity index (χ0n) is 16.9.